The summed E-state index contributed by atoms with van der Waals surface area (Å²) in [5.74, 6) is 2.74. The third kappa shape index (κ3) is 4.23. The van der Waals surface area contributed by atoms with Crippen LogP contribution in [0.4, 0.5) is 11.5 Å². The lowest BCUT2D eigenvalue weighted by Crippen LogP contribution is -2.23. The Hall–Kier alpha value is -3.07. The Morgan fingerprint density at radius 2 is 1.65 bits per heavy atom. The van der Waals surface area contributed by atoms with Crippen LogP contribution < -0.4 is 24.4 Å². The van der Waals surface area contributed by atoms with Crippen molar-refractivity contribution in [3.8, 4) is 17.2 Å². The van der Waals surface area contributed by atoms with Crippen LogP contribution >= 0.6 is 11.3 Å². The van der Waals surface area contributed by atoms with E-state index in [1.807, 2.05) is 13.8 Å². The monoisotopic (exact) mass is 444 g/mol. The largest absolute Gasteiger partial charge is 0.493 e. The molecule has 2 heterocycles. The van der Waals surface area contributed by atoms with Gasteiger partial charge in [0.05, 0.1) is 31.6 Å². The fourth-order valence-electron chi connectivity index (χ4n) is 3.53. The van der Waals surface area contributed by atoms with Gasteiger partial charge in [-0.15, -0.1) is 11.3 Å². The molecule has 166 valence electrons. The van der Waals surface area contributed by atoms with E-state index in [0.717, 1.165) is 34.7 Å². The number of hydrogen-bond acceptors (Lipinski definition) is 8. The maximum atomic E-state index is 13.2. The van der Waals surface area contributed by atoms with Crippen LogP contribution in [0, 0.1) is 13.8 Å². The molecule has 0 radical (unpaired) electrons. The van der Waals surface area contributed by atoms with Crippen molar-refractivity contribution in [1.29, 1.82) is 0 Å². The van der Waals surface area contributed by atoms with Gasteiger partial charge in [-0.3, -0.25) is 4.79 Å². The summed E-state index contributed by atoms with van der Waals surface area (Å²) in [6.45, 7) is 9.64. The van der Waals surface area contributed by atoms with E-state index in [2.05, 4.69) is 34.0 Å². The Bertz CT molecular complexity index is 1080. The smallest absolute Gasteiger partial charge is 0.266 e. The minimum atomic E-state index is -0.224. The summed E-state index contributed by atoms with van der Waals surface area (Å²) in [5.41, 5.74) is 1.41. The van der Waals surface area contributed by atoms with Crippen molar-refractivity contribution in [2.24, 2.45) is 0 Å². The lowest BCUT2D eigenvalue weighted by molar-refractivity contribution is 0.103. The number of anilines is 2. The number of thiophene rings is 1. The molecule has 2 aromatic heterocycles. The van der Waals surface area contributed by atoms with Crippen LogP contribution in [0.3, 0.4) is 0 Å². The number of nitrogens with one attached hydrogen (secondary N) is 1. The van der Waals surface area contributed by atoms with Crippen LogP contribution in [-0.4, -0.2) is 50.3 Å². The van der Waals surface area contributed by atoms with Crippen LogP contribution in [0.15, 0.2) is 12.1 Å². The summed E-state index contributed by atoms with van der Waals surface area (Å²) >= 11 is 1.37. The van der Waals surface area contributed by atoms with Crippen LogP contribution in [0.1, 0.15) is 34.9 Å². The van der Waals surface area contributed by atoms with E-state index in [9.17, 15) is 4.79 Å². The number of nitrogens with zero attached hydrogens (tertiary/aromatic N) is 3. The van der Waals surface area contributed by atoms with Crippen molar-refractivity contribution < 1.29 is 19.0 Å². The normalized spacial score (nSPS) is 10.8. The minimum absolute atomic E-state index is 0.224. The second-order valence-corrected chi connectivity index (χ2v) is 7.87. The molecular formula is C22H28N4O4S. The summed E-state index contributed by atoms with van der Waals surface area (Å²) in [7, 11) is 4.61. The lowest BCUT2D eigenvalue weighted by Gasteiger charge is -2.21. The minimum Gasteiger partial charge on any atom is -0.493 e. The average Bonchev–Trinajstić information content (AvgIpc) is 3.09. The molecule has 0 saturated carbocycles. The molecule has 1 N–H and O–H groups in total. The Kier molecular flexibility index (Phi) is 6.84. The van der Waals surface area contributed by atoms with Gasteiger partial charge in [0, 0.05) is 30.9 Å². The summed E-state index contributed by atoms with van der Waals surface area (Å²) in [6.07, 6.45) is 0. The van der Waals surface area contributed by atoms with Crippen molar-refractivity contribution in [2.75, 3.05) is 44.6 Å². The quantitative estimate of drug-likeness (QED) is 0.550. The summed E-state index contributed by atoms with van der Waals surface area (Å²) in [5, 5.41) is 3.87. The Morgan fingerprint density at radius 3 is 2.16 bits per heavy atom. The number of hydrogen-bond donors (Lipinski definition) is 1. The number of methoxy groups -OCH3 is 3. The van der Waals surface area contributed by atoms with Crippen LogP contribution in [0.5, 0.6) is 17.2 Å². The molecular weight excluding hydrogens is 416 g/mol. The second kappa shape index (κ2) is 9.38. The molecule has 0 unspecified atom stereocenters. The van der Waals surface area contributed by atoms with Gasteiger partial charge >= 0.3 is 0 Å². The Morgan fingerprint density at radius 1 is 1.03 bits per heavy atom. The van der Waals surface area contributed by atoms with Gasteiger partial charge in [0.25, 0.3) is 5.91 Å². The molecule has 1 amide bonds. The first-order valence-electron chi connectivity index (χ1n) is 10.0. The number of aryl methyl sites for hydroxylation is 2. The molecule has 0 aliphatic heterocycles. The van der Waals surface area contributed by atoms with Gasteiger partial charge < -0.3 is 24.4 Å². The number of fused-ring (bicyclic) bond motifs is 1. The van der Waals surface area contributed by atoms with Crippen LogP contribution in [0.25, 0.3) is 10.2 Å². The van der Waals surface area contributed by atoms with Crippen molar-refractivity contribution in [3.05, 3.63) is 28.4 Å². The molecule has 0 aliphatic carbocycles. The standard InChI is InChI=1S/C22H28N4O4S/c1-8-26(9-2)20-17-12(3)19(31-22(17)24-13(4)23-20)21(27)25-14-10-15(28-5)18(30-7)16(11-14)29-6/h10-11H,8-9H2,1-7H3,(H,25,27). The van der Waals surface area contributed by atoms with E-state index >= 15 is 0 Å². The van der Waals surface area contributed by atoms with Gasteiger partial charge in [-0.05, 0) is 33.3 Å². The number of ether oxygens (including phenoxy) is 3. The van der Waals surface area contributed by atoms with Gasteiger partial charge in [-0.25, -0.2) is 9.97 Å². The molecule has 1 aromatic carbocycles. The molecule has 0 aliphatic rings. The molecule has 0 spiro atoms. The molecule has 3 rings (SSSR count). The SMILES string of the molecule is CCN(CC)c1nc(C)nc2sc(C(=O)Nc3cc(OC)c(OC)c(OC)c3)c(C)c12. The summed E-state index contributed by atoms with van der Waals surface area (Å²) in [4.78, 5) is 26.0. The van der Waals surface area contributed by atoms with Crippen molar-refractivity contribution in [2.45, 2.75) is 27.7 Å². The Balaban J connectivity index is 2.04. The molecule has 9 heteroatoms. The zero-order chi connectivity index (χ0) is 22.7. The Labute approximate surface area is 186 Å². The highest BCUT2D eigenvalue weighted by atomic mass is 32.1. The average molecular weight is 445 g/mol. The number of benzene rings is 1. The predicted octanol–water partition coefficient (Wildman–Crippen LogP) is 4.43. The maximum Gasteiger partial charge on any atom is 0.266 e. The number of carbonyl (C=O) groups is 1. The predicted molar refractivity (Wildman–Crippen MR) is 125 cm³/mol. The number of amides is 1. The topological polar surface area (TPSA) is 85.8 Å². The fourth-order valence-corrected chi connectivity index (χ4v) is 4.65. The van der Waals surface area contributed by atoms with E-state index in [-0.39, 0.29) is 5.91 Å². The van der Waals surface area contributed by atoms with E-state index in [0.29, 0.717) is 33.6 Å². The van der Waals surface area contributed by atoms with Crippen molar-refractivity contribution in [3.63, 3.8) is 0 Å². The van der Waals surface area contributed by atoms with Crippen LogP contribution in [-0.2, 0) is 0 Å². The van der Waals surface area contributed by atoms with E-state index in [1.165, 1.54) is 32.7 Å². The zero-order valence-corrected chi connectivity index (χ0v) is 19.8. The highest BCUT2D eigenvalue weighted by Gasteiger charge is 2.23. The highest BCUT2D eigenvalue weighted by Crippen LogP contribution is 2.41. The molecule has 0 saturated heterocycles. The molecule has 0 bridgehead atoms. The maximum absolute atomic E-state index is 13.2. The molecule has 8 nitrogen and oxygen atoms in total. The highest BCUT2D eigenvalue weighted by molar-refractivity contribution is 7.20. The first-order chi connectivity index (χ1) is 14.9. The fraction of sp³-hybridized carbons (Fsp3) is 0.409. The first kappa shape index (κ1) is 22.6. The van der Waals surface area contributed by atoms with Gasteiger partial charge in [-0.2, -0.15) is 0 Å². The third-order valence-electron chi connectivity index (χ3n) is 5.07. The lowest BCUT2D eigenvalue weighted by atomic mass is 10.1. The number of carbonyl (C=O) groups excluding carboxylic acids is 1. The molecule has 0 atom stereocenters. The van der Waals surface area contributed by atoms with E-state index in [1.54, 1.807) is 12.1 Å². The van der Waals surface area contributed by atoms with E-state index < -0.39 is 0 Å². The van der Waals surface area contributed by atoms with Crippen molar-refractivity contribution >= 4 is 39.0 Å². The van der Waals surface area contributed by atoms with Crippen LogP contribution in [0.2, 0.25) is 0 Å². The molecule has 3 aromatic rings. The number of rotatable bonds is 8. The van der Waals surface area contributed by atoms with Gasteiger partial charge in [0.1, 0.15) is 16.5 Å². The summed E-state index contributed by atoms with van der Waals surface area (Å²) < 4.78 is 16.1. The molecule has 0 fully saturated rings. The summed E-state index contributed by atoms with van der Waals surface area (Å²) in [6, 6.07) is 3.40. The van der Waals surface area contributed by atoms with Crippen molar-refractivity contribution in [1.82, 2.24) is 9.97 Å². The van der Waals surface area contributed by atoms with Gasteiger partial charge in [0.2, 0.25) is 5.75 Å². The molecule has 31 heavy (non-hydrogen) atoms. The van der Waals surface area contributed by atoms with E-state index in [4.69, 9.17) is 14.2 Å². The van der Waals surface area contributed by atoms with Gasteiger partial charge in [0.15, 0.2) is 11.5 Å². The second-order valence-electron chi connectivity index (χ2n) is 6.87. The first-order valence-corrected chi connectivity index (χ1v) is 10.8. The third-order valence-corrected chi connectivity index (χ3v) is 6.26. The number of aromatic nitrogens is 2. The van der Waals surface area contributed by atoms with Gasteiger partial charge in [-0.1, -0.05) is 0 Å². The zero-order valence-electron chi connectivity index (χ0n) is 19.0.